The maximum Gasteiger partial charge on any atom is 0.253 e. The molecule has 1 unspecified atom stereocenters. The number of hydrogen-bond donors (Lipinski definition) is 0. The molecule has 0 spiro atoms. The number of thiophene rings is 1. The molecule has 158 valence electrons. The van der Waals surface area contributed by atoms with Crippen molar-refractivity contribution in [1.29, 1.82) is 0 Å². The van der Waals surface area contributed by atoms with Crippen molar-refractivity contribution in [1.82, 2.24) is 14.8 Å². The summed E-state index contributed by atoms with van der Waals surface area (Å²) in [4.78, 5) is 0. The van der Waals surface area contributed by atoms with E-state index in [0.29, 0.717) is 12.5 Å². The van der Waals surface area contributed by atoms with Gasteiger partial charge in [0.1, 0.15) is 22.3 Å². The van der Waals surface area contributed by atoms with Crippen LogP contribution in [0.1, 0.15) is 28.9 Å². The van der Waals surface area contributed by atoms with Crippen molar-refractivity contribution in [3.05, 3.63) is 76.0 Å². The van der Waals surface area contributed by atoms with Gasteiger partial charge in [-0.15, -0.1) is 33.1 Å². The molecule has 5 rings (SSSR count). The van der Waals surface area contributed by atoms with Gasteiger partial charge < -0.3 is 4.74 Å². The SMILES string of the molecule is COc1ccc(CN2N=C(C3=CCC(Cl)C=C3)c3c(C)csc3-n3c(C)nnc32)cc1. The van der Waals surface area contributed by atoms with Gasteiger partial charge in [-0.05, 0) is 54.5 Å². The molecule has 0 saturated carbocycles. The van der Waals surface area contributed by atoms with Gasteiger partial charge in [-0.1, -0.05) is 30.4 Å². The summed E-state index contributed by atoms with van der Waals surface area (Å²) in [7, 11) is 1.67. The molecule has 6 nitrogen and oxygen atoms in total. The molecule has 0 radical (unpaired) electrons. The van der Waals surface area contributed by atoms with E-state index >= 15 is 0 Å². The molecule has 2 aliphatic rings. The predicted molar refractivity (Wildman–Crippen MR) is 126 cm³/mol. The lowest BCUT2D eigenvalue weighted by Gasteiger charge is -2.19. The number of nitrogens with zero attached hydrogens (tertiary/aromatic N) is 5. The van der Waals surface area contributed by atoms with Crippen molar-refractivity contribution in [2.75, 3.05) is 12.1 Å². The summed E-state index contributed by atoms with van der Waals surface area (Å²) in [6.45, 7) is 4.67. The molecule has 0 fully saturated rings. The number of methoxy groups -OCH3 is 1. The predicted octanol–water partition coefficient (Wildman–Crippen LogP) is 5.17. The van der Waals surface area contributed by atoms with Crippen LogP contribution in [0.3, 0.4) is 0 Å². The number of anilines is 1. The topological polar surface area (TPSA) is 55.5 Å². The number of benzene rings is 1. The fourth-order valence-electron chi connectivity index (χ4n) is 3.84. The second-order valence-electron chi connectivity index (χ2n) is 7.61. The Morgan fingerprint density at radius 3 is 2.71 bits per heavy atom. The molecule has 31 heavy (non-hydrogen) atoms. The van der Waals surface area contributed by atoms with Crippen molar-refractivity contribution < 1.29 is 4.74 Å². The number of hydrazone groups is 1. The van der Waals surface area contributed by atoms with Gasteiger partial charge >= 0.3 is 0 Å². The van der Waals surface area contributed by atoms with E-state index in [4.69, 9.17) is 21.4 Å². The molecule has 1 aliphatic heterocycles. The molecule has 0 bridgehead atoms. The van der Waals surface area contributed by atoms with Crippen molar-refractivity contribution in [2.45, 2.75) is 32.2 Å². The summed E-state index contributed by atoms with van der Waals surface area (Å²) in [5, 5.41) is 19.2. The zero-order valence-electron chi connectivity index (χ0n) is 17.5. The van der Waals surface area contributed by atoms with E-state index in [1.54, 1.807) is 18.4 Å². The van der Waals surface area contributed by atoms with Crippen LogP contribution in [0.4, 0.5) is 5.95 Å². The van der Waals surface area contributed by atoms with Gasteiger partial charge in [-0.25, -0.2) is 5.01 Å². The Kier molecular flexibility index (Phi) is 5.16. The van der Waals surface area contributed by atoms with Crippen LogP contribution in [-0.2, 0) is 6.54 Å². The van der Waals surface area contributed by atoms with Gasteiger partial charge in [0.15, 0.2) is 0 Å². The molecule has 2 aromatic heterocycles. The van der Waals surface area contributed by atoms with Crippen molar-refractivity contribution >= 4 is 34.6 Å². The third kappa shape index (κ3) is 3.58. The first-order chi connectivity index (χ1) is 15.0. The lowest BCUT2D eigenvalue weighted by atomic mass is 9.96. The third-order valence-electron chi connectivity index (χ3n) is 5.47. The normalized spacial score (nSPS) is 17.5. The summed E-state index contributed by atoms with van der Waals surface area (Å²) < 4.78 is 7.40. The fourth-order valence-corrected chi connectivity index (χ4v) is 5.10. The fraction of sp³-hybridized carbons (Fsp3) is 0.261. The summed E-state index contributed by atoms with van der Waals surface area (Å²) in [5.74, 6) is 2.37. The molecule has 0 N–H and O–H groups in total. The van der Waals surface area contributed by atoms with Crippen molar-refractivity contribution in [2.24, 2.45) is 5.10 Å². The average Bonchev–Trinajstić information content (AvgIpc) is 3.30. The van der Waals surface area contributed by atoms with Crippen LogP contribution < -0.4 is 9.75 Å². The highest BCUT2D eigenvalue weighted by Crippen LogP contribution is 2.37. The maximum absolute atomic E-state index is 6.29. The Morgan fingerprint density at radius 2 is 2.00 bits per heavy atom. The first-order valence-electron chi connectivity index (χ1n) is 10.1. The Hall–Kier alpha value is -2.90. The number of alkyl halides is 1. The summed E-state index contributed by atoms with van der Waals surface area (Å²) >= 11 is 7.98. The highest BCUT2D eigenvalue weighted by molar-refractivity contribution is 7.13. The van der Waals surface area contributed by atoms with E-state index in [9.17, 15) is 0 Å². The van der Waals surface area contributed by atoms with Gasteiger partial charge in [0, 0.05) is 5.56 Å². The minimum atomic E-state index is 0.0236. The van der Waals surface area contributed by atoms with Gasteiger partial charge in [0.2, 0.25) is 0 Å². The molecule has 1 atom stereocenters. The first-order valence-corrected chi connectivity index (χ1v) is 11.4. The second kappa shape index (κ2) is 7.98. The van der Waals surface area contributed by atoms with E-state index in [-0.39, 0.29) is 5.38 Å². The summed E-state index contributed by atoms with van der Waals surface area (Å²) in [5.41, 5.74) is 5.43. The van der Waals surface area contributed by atoms with Crippen LogP contribution in [0.25, 0.3) is 5.00 Å². The average molecular weight is 452 g/mol. The molecule has 0 saturated heterocycles. The smallest absolute Gasteiger partial charge is 0.253 e. The summed E-state index contributed by atoms with van der Waals surface area (Å²) in [6.07, 6.45) is 7.06. The van der Waals surface area contributed by atoms with E-state index in [1.807, 2.05) is 42.3 Å². The van der Waals surface area contributed by atoms with Crippen LogP contribution in [0.15, 0.2) is 58.5 Å². The van der Waals surface area contributed by atoms with E-state index in [1.165, 1.54) is 5.56 Å². The molecule has 0 amide bonds. The lowest BCUT2D eigenvalue weighted by molar-refractivity contribution is 0.414. The minimum Gasteiger partial charge on any atom is -0.497 e. The van der Waals surface area contributed by atoms with Crippen molar-refractivity contribution in [3.63, 3.8) is 0 Å². The Bertz CT molecular complexity index is 1220. The van der Waals surface area contributed by atoms with Gasteiger partial charge in [-0.3, -0.25) is 4.57 Å². The third-order valence-corrected chi connectivity index (χ3v) is 6.87. The Labute approximate surface area is 190 Å². The zero-order valence-corrected chi connectivity index (χ0v) is 19.1. The second-order valence-corrected chi connectivity index (χ2v) is 9.02. The van der Waals surface area contributed by atoms with Gasteiger partial charge in [0.05, 0.1) is 19.0 Å². The van der Waals surface area contributed by atoms with E-state index in [0.717, 1.165) is 45.4 Å². The number of halogens is 1. The van der Waals surface area contributed by atoms with Crippen LogP contribution in [0.2, 0.25) is 0 Å². The first kappa shape index (κ1) is 20.0. The number of hydrogen-bond acceptors (Lipinski definition) is 6. The van der Waals surface area contributed by atoms with Crippen LogP contribution in [0.5, 0.6) is 5.75 Å². The lowest BCUT2D eigenvalue weighted by Crippen LogP contribution is -2.21. The molecule has 3 heterocycles. The quantitative estimate of drug-likeness (QED) is 0.513. The highest BCUT2D eigenvalue weighted by atomic mass is 35.5. The van der Waals surface area contributed by atoms with E-state index in [2.05, 4.69) is 39.2 Å². The summed E-state index contributed by atoms with van der Waals surface area (Å²) in [6, 6.07) is 8.01. The standard InChI is InChI=1S/C23H22ClN5OS/c1-14-13-31-22-20(14)21(17-6-8-18(24)9-7-17)27-28(23-26-25-15(2)29(22)23)12-16-4-10-19(30-3)11-5-16/h4-8,10-11,13,18H,9,12H2,1-3H3. The largest absolute Gasteiger partial charge is 0.497 e. The molecule has 1 aromatic carbocycles. The maximum atomic E-state index is 6.29. The van der Waals surface area contributed by atoms with Crippen molar-refractivity contribution in [3.8, 4) is 10.8 Å². The van der Waals surface area contributed by atoms with Gasteiger partial charge in [-0.2, -0.15) is 5.10 Å². The number of allylic oxidation sites excluding steroid dienone is 4. The van der Waals surface area contributed by atoms with Crippen LogP contribution in [0, 0.1) is 13.8 Å². The molecular weight excluding hydrogens is 430 g/mol. The zero-order chi connectivity index (χ0) is 21.5. The number of rotatable bonds is 4. The number of aromatic nitrogens is 3. The molecular formula is C23H22ClN5OS. The van der Waals surface area contributed by atoms with Crippen LogP contribution in [-0.4, -0.2) is 33.0 Å². The Balaban J connectivity index is 1.65. The van der Waals surface area contributed by atoms with E-state index < -0.39 is 0 Å². The Morgan fingerprint density at radius 1 is 1.19 bits per heavy atom. The number of aryl methyl sites for hydroxylation is 2. The number of fused-ring (bicyclic) bond motifs is 3. The van der Waals surface area contributed by atoms with Gasteiger partial charge in [0.25, 0.3) is 5.95 Å². The minimum absolute atomic E-state index is 0.0236. The van der Waals surface area contributed by atoms with Crippen LogP contribution >= 0.6 is 22.9 Å². The molecule has 8 heteroatoms. The molecule has 1 aliphatic carbocycles. The highest BCUT2D eigenvalue weighted by Gasteiger charge is 2.29. The number of ether oxygens (including phenoxy) is 1. The molecule has 3 aromatic rings. The monoisotopic (exact) mass is 451 g/mol.